The lowest BCUT2D eigenvalue weighted by Gasteiger charge is -2.09. The second-order valence-corrected chi connectivity index (χ2v) is 7.20. The van der Waals surface area contributed by atoms with E-state index >= 15 is 0 Å². The third kappa shape index (κ3) is 5.82. The van der Waals surface area contributed by atoms with Gasteiger partial charge in [-0.05, 0) is 60.4 Å². The summed E-state index contributed by atoms with van der Waals surface area (Å²) in [6.07, 6.45) is 1.28. The molecule has 0 aliphatic heterocycles. The van der Waals surface area contributed by atoms with Crippen LogP contribution >= 0.6 is 0 Å². The normalized spacial score (nSPS) is 10.5. The van der Waals surface area contributed by atoms with Crippen LogP contribution in [0.2, 0.25) is 0 Å². The second-order valence-electron chi connectivity index (χ2n) is 7.20. The molecule has 7 heteroatoms. The van der Waals surface area contributed by atoms with E-state index in [0.717, 1.165) is 11.3 Å². The molecule has 0 atom stereocenters. The highest BCUT2D eigenvalue weighted by Gasteiger charge is 2.17. The molecular formula is C24H24N2O5. The van der Waals surface area contributed by atoms with Gasteiger partial charge in [0.1, 0.15) is 17.1 Å². The second kappa shape index (κ2) is 9.75. The zero-order chi connectivity index (χ0) is 22.4. The fourth-order valence-electron chi connectivity index (χ4n) is 3.28. The molecule has 1 aromatic heterocycles. The fraction of sp³-hybridized carbons (Fsp3) is 0.208. The van der Waals surface area contributed by atoms with Crippen LogP contribution in [0.5, 0.6) is 5.75 Å². The third-order valence-corrected chi connectivity index (χ3v) is 4.81. The van der Waals surface area contributed by atoms with E-state index in [4.69, 9.17) is 14.9 Å². The monoisotopic (exact) mass is 420 g/mol. The zero-order valence-electron chi connectivity index (χ0n) is 17.4. The predicted octanol–water partition coefficient (Wildman–Crippen LogP) is 3.02. The number of nitrogens with two attached hydrogens (primary N) is 1. The van der Waals surface area contributed by atoms with Crippen molar-refractivity contribution in [3.8, 4) is 5.75 Å². The van der Waals surface area contributed by atoms with E-state index < -0.39 is 17.4 Å². The highest BCUT2D eigenvalue weighted by molar-refractivity contribution is 6.05. The number of rotatable bonds is 8. The van der Waals surface area contributed by atoms with Crippen molar-refractivity contribution in [2.45, 2.75) is 26.2 Å². The first-order valence-electron chi connectivity index (χ1n) is 9.81. The van der Waals surface area contributed by atoms with Crippen LogP contribution in [0.15, 0.2) is 63.8 Å². The Morgan fingerprint density at radius 3 is 2.42 bits per heavy atom. The standard InChI is InChI=1S/C24H24N2O5/c1-15-12-20(11-8-16-6-9-19(30-2)10-7-16)31-24(29)22(15)23(28)26-18-5-3-4-17(13-18)14-21(25)27/h3-7,9-10,12-13H,8,11,14H2,1-2H3,(H2,25,27)(H,26,28). The fourth-order valence-corrected chi connectivity index (χ4v) is 3.28. The van der Waals surface area contributed by atoms with Crippen molar-refractivity contribution in [3.05, 3.63) is 93.0 Å². The number of ether oxygens (including phenoxy) is 1. The van der Waals surface area contributed by atoms with E-state index in [1.54, 1.807) is 44.4 Å². The summed E-state index contributed by atoms with van der Waals surface area (Å²) in [5.41, 5.74) is 7.23. The summed E-state index contributed by atoms with van der Waals surface area (Å²) < 4.78 is 10.5. The Morgan fingerprint density at radius 1 is 1.03 bits per heavy atom. The summed E-state index contributed by atoms with van der Waals surface area (Å²) in [5.74, 6) is 0.259. The molecular weight excluding hydrogens is 396 g/mol. The maximum absolute atomic E-state index is 12.7. The zero-order valence-corrected chi connectivity index (χ0v) is 17.4. The molecule has 1 heterocycles. The average Bonchev–Trinajstić information content (AvgIpc) is 2.72. The van der Waals surface area contributed by atoms with Gasteiger partial charge in [0.2, 0.25) is 5.91 Å². The summed E-state index contributed by atoms with van der Waals surface area (Å²) in [6.45, 7) is 1.70. The van der Waals surface area contributed by atoms with Gasteiger partial charge in [-0.3, -0.25) is 9.59 Å². The minimum Gasteiger partial charge on any atom is -0.497 e. The van der Waals surface area contributed by atoms with Crippen LogP contribution in [0.1, 0.15) is 32.8 Å². The number of benzene rings is 2. The van der Waals surface area contributed by atoms with Crippen molar-refractivity contribution in [2.24, 2.45) is 5.73 Å². The van der Waals surface area contributed by atoms with Gasteiger partial charge in [0.15, 0.2) is 0 Å². The van der Waals surface area contributed by atoms with E-state index in [-0.39, 0.29) is 12.0 Å². The summed E-state index contributed by atoms with van der Waals surface area (Å²) in [5, 5.41) is 2.68. The van der Waals surface area contributed by atoms with Gasteiger partial charge in [0.25, 0.3) is 5.91 Å². The predicted molar refractivity (Wildman–Crippen MR) is 117 cm³/mol. The van der Waals surface area contributed by atoms with E-state index in [1.807, 2.05) is 24.3 Å². The van der Waals surface area contributed by atoms with Gasteiger partial charge in [-0.25, -0.2) is 4.79 Å². The molecule has 2 aromatic carbocycles. The number of carbonyl (C=O) groups excluding carboxylic acids is 2. The Labute approximate surface area is 179 Å². The Balaban J connectivity index is 1.71. The van der Waals surface area contributed by atoms with Crippen LogP contribution in [0, 0.1) is 6.92 Å². The van der Waals surface area contributed by atoms with Crippen LogP contribution < -0.4 is 21.4 Å². The van der Waals surface area contributed by atoms with Crippen molar-refractivity contribution in [3.63, 3.8) is 0 Å². The SMILES string of the molecule is COc1ccc(CCc2cc(C)c(C(=O)Nc3cccc(CC(N)=O)c3)c(=O)o2)cc1. The number of carbonyl (C=O) groups is 2. The van der Waals surface area contributed by atoms with Crippen LogP contribution in [0.4, 0.5) is 5.69 Å². The Kier molecular flexibility index (Phi) is 6.87. The smallest absolute Gasteiger partial charge is 0.349 e. The van der Waals surface area contributed by atoms with Gasteiger partial charge in [-0.15, -0.1) is 0 Å². The summed E-state index contributed by atoms with van der Waals surface area (Å²) in [6, 6.07) is 16.1. The minimum atomic E-state index is -0.685. The van der Waals surface area contributed by atoms with E-state index in [2.05, 4.69) is 5.32 Å². The minimum absolute atomic E-state index is 0.0477. The number of primary amides is 1. The molecule has 0 bridgehead atoms. The van der Waals surface area contributed by atoms with Crippen molar-refractivity contribution in [1.29, 1.82) is 0 Å². The molecule has 3 rings (SSSR count). The molecule has 0 saturated heterocycles. The maximum Gasteiger partial charge on any atom is 0.349 e. The molecule has 0 aliphatic carbocycles. The first kappa shape index (κ1) is 21.8. The maximum atomic E-state index is 12.7. The van der Waals surface area contributed by atoms with Crippen molar-refractivity contribution >= 4 is 17.5 Å². The van der Waals surface area contributed by atoms with Crippen molar-refractivity contribution < 1.29 is 18.7 Å². The number of nitrogens with one attached hydrogen (secondary N) is 1. The van der Waals surface area contributed by atoms with E-state index in [1.165, 1.54) is 0 Å². The lowest BCUT2D eigenvalue weighted by Crippen LogP contribution is -2.23. The summed E-state index contributed by atoms with van der Waals surface area (Å²) in [7, 11) is 1.61. The van der Waals surface area contributed by atoms with Crippen LogP contribution in [0.3, 0.4) is 0 Å². The number of methoxy groups -OCH3 is 1. The first-order chi connectivity index (χ1) is 14.9. The van der Waals surface area contributed by atoms with E-state index in [0.29, 0.717) is 35.4 Å². The quantitative estimate of drug-likeness (QED) is 0.582. The molecule has 0 aliphatic rings. The van der Waals surface area contributed by atoms with E-state index in [9.17, 15) is 14.4 Å². The van der Waals surface area contributed by atoms with Gasteiger partial charge in [0, 0.05) is 12.1 Å². The molecule has 0 unspecified atom stereocenters. The number of anilines is 1. The third-order valence-electron chi connectivity index (χ3n) is 4.81. The molecule has 0 spiro atoms. The Bertz CT molecular complexity index is 1150. The molecule has 7 nitrogen and oxygen atoms in total. The van der Waals surface area contributed by atoms with Gasteiger partial charge in [-0.1, -0.05) is 24.3 Å². The van der Waals surface area contributed by atoms with Gasteiger partial charge < -0.3 is 20.2 Å². The van der Waals surface area contributed by atoms with Crippen LogP contribution in [-0.2, 0) is 24.1 Å². The molecule has 0 radical (unpaired) electrons. The molecule has 0 saturated carbocycles. The lowest BCUT2D eigenvalue weighted by molar-refractivity contribution is -0.117. The number of hydrogen-bond acceptors (Lipinski definition) is 5. The molecule has 3 N–H and O–H groups in total. The van der Waals surface area contributed by atoms with Gasteiger partial charge >= 0.3 is 5.63 Å². The lowest BCUT2D eigenvalue weighted by atomic mass is 10.1. The van der Waals surface area contributed by atoms with Gasteiger partial charge in [-0.2, -0.15) is 0 Å². The summed E-state index contributed by atoms with van der Waals surface area (Å²) >= 11 is 0. The first-order valence-corrected chi connectivity index (χ1v) is 9.81. The average molecular weight is 420 g/mol. The summed E-state index contributed by atoms with van der Waals surface area (Å²) in [4.78, 5) is 36.3. The number of hydrogen-bond donors (Lipinski definition) is 2. The molecule has 160 valence electrons. The van der Waals surface area contributed by atoms with Crippen molar-refractivity contribution in [2.75, 3.05) is 12.4 Å². The largest absolute Gasteiger partial charge is 0.497 e. The molecule has 3 aromatic rings. The van der Waals surface area contributed by atoms with Crippen LogP contribution in [0.25, 0.3) is 0 Å². The molecule has 31 heavy (non-hydrogen) atoms. The molecule has 2 amide bonds. The Hall–Kier alpha value is -3.87. The Morgan fingerprint density at radius 2 is 1.77 bits per heavy atom. The highest BCUT2D eigenvalue weighted by atomic mass is 16.5. The van der Waals surface area contributed by atoms with Crippen molar-refractivity contribution in [1.82, 2.24) is 0 Å². The van der Waals surface area contributed by atoms with Crippen LogP contribution in [-0.4, -0.2) is 18.9 Å². The van der Waals surface area contributed by atoms with Gasteiger partial charge in [0.05, 0.1) is 13.5 Å². The molecule has 0 fully saturated rings. The number of amides is 2. The number of aryl methyl sites for hydroxylation is 3. The highest BCUT2D eigenvalue weighted by Crippen LogP contribution is 2.16. The topological polar surface area (TPSA) is 112 Å².